The fourth-order valence-electron chi connectivity index (χ4n) is 1.39. The maximum Gasteiger partial charge on any atom is 0.319 e. The fourth-order valence-corrected chi connectivity index (χ4v) is 1.57. The minimum atomic E-state index is -0.276. The van der Waals surface area contributed by atoms with Gasteiger partial charge in [0.25, 0.3) is 0 Å². The van der Waals surface area contributed by atoms with Gasteiger partial charge < -0.3 is 20.5 Å². The lowest BCUT2D eigenvalue weighted by Crippen LogP contribution is -2.30. The summed E-state index contributed by atoms with van der Waals surface area (Å²) in [5.41, 5.74) is 1.62. The van der Waals surface area contributed by atoms with E-state index in [4.69, 9.17) is 21.4 Å². The number of nitrogens with one attached hydrogen (secondary N) is 2. The molecule has 0 fully saturated rings. The Bertz CT molecular complexity index is 413. The zero-order valence-corrected chi connectivity index (χ0v) is 11.7. The number of aliphatic hydroxyl groups excluding tert-OH is 1. The van der Waals surface area contributed by atoms with Crippen LogP contribution in [0, 0.1) is 6.92 Å². The number of ether oxygens (including phenoxy) is 1. The first-order chi connectivity index (χ1) is 9.13. The second-order valence-corrected chi connectivity index (χ2v) is 4.44. The van der Waals surface area contributed by atoms with Crippen LogP contribution in [0.15, 0.2) is 18.2 Å². The standard InChI is InChI=1S/C13H19ClN2O3/c1-10-3-4-11(9-12(10)14)16-13(18)15-5-2-7-19-8-6-17/h3-4,9,17H,2,5-8H2,1H3,(H2,15,16,18). The summed E-state index contributed by atoms with van der Waals surface area (Å²) in [4.78, 5) is 11.6. The van der Waals surface area contributed by atoms with Gasteiger partial charge in [0, 0.05) is 23.9 Å². The van der Waals surface area contributed by atoms with Gasteiger partial charge in [-0.05, 0) is 31.0 Å². The zero-order chi connectivity index (χ0) is 14.1. The Morgan fingerprint density at radius 2 is 2.21 bits per heavy atom. The van der Waals surface area contributed by atoms with Crippen LogP contribution < -0.4 is 10.6 Å². The Morgan fingerprint density at radius 3 is 2.89 bits per heavy atom. The first kappa shape index (κ1) is 15.8. The number of aryl methyl sites for hydroxylation is 1. The molecule has 0 unspecified atom stereocenters. The number of benzene rings is 1. The van der Waals surface area contributed by atoms with Crippen molar-refractivity contribution in [2.24, 2.45) is 0 Å². The van der Waals surface area contributed by atoms with Crippen LogP contribution in [0.2, 0.25) is 5.02 Å². The Labute approximate surface area is 117 Å². The van der Waals surface area contributed by atoms with E-state index in [-0.39, 0.29) is 12.6 Å². The van der Waals surface area contributed by atoms with Crippen molar-refractivity contribution >= 4 is 23.3 Å². The van der Waals surface area contributed by atoms with E-state index < -0.39 is 0 Å². The van der Waals surface area contributed by atoms with Crippen LogP contribution in [0.1, 0.15) is 12.0 Å². The number of anilines is 1. The second-order valence-electron chi connectivity index (χ2n) is 4.03. The van der Waals surface area contributed by atoms with Gasteiger partial charge in [0.1, 0.15) is 0 Å². The molecule has 0 spiro atoms. The van der Waals surface area contributed by atoms with Crippen molar-refractivity contribution in [3.8, 4) is 0 Å². The number of hydrogen-bond acceptors (Lipinski definition) is 3. The molecule has 0 saturated carbocycles. The van der Waals surface area contributed by atoms with E-state index >= 15 is 0 Å². The van der Waals surface area contributed by atoms with Gasteiger partial charge in [-0.2, -0.15) is 0 Å². The van der Waals surface area contributed by atoms with E-state index in [1.54, 1.807) is 12.1 Å². The predicted octanol–water partition coefficient (Wildman–Crippen LogP) is 2.17. The van der Waals surface area contributed by atoms with Crippen molar-refractivity contribution in [3.63, 3.8) is 0 Å². The summed E-state index contributed by atoms with van der Waals surface area (Å²) < 4.78 is 5.07. The van der Waals surface area contributed by atoms with E-state index in [9.17, 15) is 4.79 Å². The number of carbonyl (C=O) groups excluding carboxylic acids is 1. The third-order valence-electron chi connectivity index (χ3n) is 2.42. The highest BCUT2D eigenvalue weighted by atomic mass is 35.5. The molecular formula is C13H19ClN2O3. The van der Waals surface area contributed by atoms with Crippen LogP contribution in [0.3, 0.4) is 0 Å². The van der Waals surface area contributed by atoms with Crippen LogP contribution in [0.5, 0.6) is 0 Å². The molecule has 0 aliphatic rings. The molecule has 106 valence electrons. The van der Waals surface area contributed by atoms with Crippen molar-refractivity contribution in [1.82, 2.24) is 5.32 Å². The maximum absolute atomic E-state index is 11.6. The number of carbonyl (C=O) groups is 1. The predicted molar refractivity (Wildman–Crippen MR) is 75.7 cm³/mol. The first-order valence-electron chi connectivity index (χ1n) is 6.13. The quantitative estimate of drug-likeness (QED) is 0.673. The largest absolute Gasteiger partial charge is 0.394 e. The lowest BCUT2D eigenvalue weighted by Gasteiger charge is -2.08. The van der Waals surface area contributed by atoms with Crippen molar-refractivity contribution in [3.05, 3.63) is 28.8 Å². The normalized spacial score (nSPS) is 10.3. The van der Waals surface area contributed by atoms with Crippen LogP contribution in [-0.4, -0.2) is 37.5 Å². The Morgan fingerprint density at radius 1 is 1.42 bits per heavy atom. The second kappa shape index (κ2) is 8.74. The molecule has 19 heavy (non-hydrogen) atoms. The summed E-state index contributed by atoms with van der Waals surface area (Å²) in [6.45, 7) is 3.27. The topological polar surface area (TPSA) is 70.6 Å². The van der Waals surface area contributed by atoms with Gasteiger partial charge in [0.05, 0.1) is 13.2 Å². The molecule has 0 aliphatic heterocycles. The number of amides is 2. The molecule has 0 radical (unpaired) electrons. The lowest BCUT2D eigenvalue weighted by molar-refractivity contribution is 0.0910. The van der Waals surface area contributed by atoms with Crippen LogP contribution in [0.4, 0.5) is 10.5 Å². The molecule has 0 heterocycles. The lowest BCUT2D eigenvalue weighted by atomic mass is 10.2. The van der Waals surface area contributed by atoms with E-state index in [0.717, 1.165) is 5.56 Å². The summed E-state index contributed by atoms with van der Waals surface area (Å²) in [7, 11) is 0. The SMILES string of the molecule is Cc1ccc(NC(=O)NCCCOCCO)cc1Cl. The first-order valence-corrected chi connectivity index (χ1v) is 6.51. The van der Waals surface area contributed by atoms with Gasteiger partial charge in [0.15, 0.2) is 0 Å². The third-order valence-corrected chi connectivity index (χ3v) is 2.82. The Hall–Kier alpha value is -1.30. The van der Waals surface area contributed by atoms with Crippen molar-refractivity contribution < 1.29 is 14.6 Å². The number of urea groups is 1. The molecular weight excluding hydrogens is 268 g/mol. The van der Waals surface area contributed by atoms with Gasteiger partial charge in [-0.1, -0.05) is 17.7 Å². The van der Waals surface area contributed by atoms with Gasteiger partial charge in [-0.25, -0.2) is 4.79 Å². The Balaban J connectivity index is 2.21. The van der Waals surface area contributed by atoms with Gasteiger partial charge >= 0.3 is 6.03 Å². The van der Waals surface area contributed by atoms with Crippen molar-refractivity contribution in [1.29, 1.82) is 0 Å². The average Bonchev–Trinajstić information content (AvgIpc) is 2.38. The summed E-state index contributed by atoms with van der Waals surface area (Å²) in [6, 6.07) is 5.08. The van der Waals surface area contributed by atoms with Crippen LogP contribution >= 0.6 is 11.6 Å². The molecule has 0 atom stereocenters. The smallest absolute Gasteiger partial charge is 0.319 e. The molecule has 6 heteroatoms. The van der Waals surface area contributed by atoms with Crippen molar-refractivity contribution in [2.75, 3.05) is 31.7 Å². The van der Waals surface area contributed by atoms with Gasteiger partial charge in [-0.3, -0.25) is 0 Å². The molecule has 0 aliphatic carbocycles. The monoisotopic (exact) mass is 286 g/mol. The summed E-state index contributed by atoms with van der Waals surface area (Å²) in [5.74, 6) is 0. The van der Waals surface area contributed by atoms with Gasteiger partial charge in [0.2, 0.25) is 0 Å². The highest BCUT2D eigenvalue weighted by Gasteiger charge is 2.02. The molecule has 5 nitrogen and oxygen atoms in total. The zero-order valence-electron chi connectivity index (χ0n) is 10.9. The minimum Gasteiger partial charge on any atom is -0.394 e. The molecule has 0 saturated heterocycles. The molecule has 3 N–H and O–H groups in total. The number of halogens is 1. The Kier molecular flexibility index (Phi) is 7.25. The minimum absolute atomic E-state index is 0.0160. The summed E-state index contributed by atoms with van der Waals surface area (Å²) in [6.07, 6.45) is 0.697. The van der Waals surface area contributed by atoms with E-state index in [1.807, 2.05) is 13.0 Å². The number of hydrogen-bond donors (Lipinski definition) is 3. The van der Waals surface area contributed by atoms with Crippen LogP contribution in [-0.2, 0) is 4.74 Å². The molecule has 1 aromatic rings. The molecule has 2 amide bonds. The maximum atomic E-state index is 11.6. The summed E-state index contributed by atoms with van der Waals surface area (Å²) >= 11 is 5.96. The number of aliphatic hydroxyl groups is 1. The molecule has 0 aromatic heterocycles. The molecule has 1 aromatic carbocycles. The molecule has 0 bridgehead atoms. The highest BCUT2D eigenvalue weighted by molar-refractivity contribution is 6.31. The van der Waals surface area contributed by atoms with Crippen LogP contribution in [0.25, 0.3) is 0 Å². The summed E-state index contributed by atoms with van der Waals surface area (Å²) in [5, 5.41) is 14.5. The third kappa shape index (κ3) is 6.42. The fraction of sp³-hybridized carbons (Fsp3) is 0.462. The average molecular weight is 287 g/mol. The highest BCUT2D eigenvalue weighted by Crippen LogP contribution is 2.19. The van der Waals surface area contributed by atoms with E-state index in [0.29, 0.717) is 36.9 Å². The van der Waals surface area contributed by atoms with Gasteiger partial charge in [-0.15, -0.1) is 0 Å². The van der Waals surface area contributed by atoms with E-state index in [2.05, 4.69) is 10.6 Å². The number of rotatable bonds is 7. The van der Waals surface area contributed by atoms with E-state index in [1.165, 1.54) is 0 Å². The van der Waals surface area contributed by atoms with Crippen molar-refractivity contribution in [2.45, 2.75) is 13.3 Å². The molecule has 1 rings (SSSR count).